The SMILES string of the molecule is CC(=O)[C@H]1OC(=O)[C@@H]2OC(C)(C)O[C@@H]2[C@@H]1O. The van der Waals surface area contributed by atoms with Crippen molar-refractivity contribution in [1.29, 1.82) is 0 Å². The summed E-state index contributed by atoms with van der Waals surface area (Å²) in [6.45, 7) is 4.52. The van der Waals surface area contributed by atoms with Crippen molar-refractivity contribution in [2.75, 3.05) is 0 Å². The molecule has 4 atom stereocenters. The van der Waals surface area contributed by atoms with E-state index in [2.05, 4.69) is 0 Å². The van der Waals surface area contributed by atoms with Crippen LogP contribution in [0.25, 0.3) is 0 Å². The number of aliphatic hydroxyl groups excluding tert-OH is 1. The van der Waals surface area contributed by atoms with Gasteiger partial charge in [-0.3, -0.25) is 4.79 Å². The van der Waals surface area contributed by atoms with Crippen LogP contribution >= 0.6 is 0 Å². The highest BCUT2D eigenvalue weighted by Crippen LogP contribution is 2.35. The lowest BCUT2D eigenvalue weighted by molar-refractivity contribution is -0.188. The lowest BCUT2D eigenvalue weighted by Crippen LogP contribution is -2.56. The Hall–Kier alpha value is -0.980. The summed E-state index contributed by atoms with van der Waals surface area (Å²) in [5.74, 6) is -2.03. The van der Waals surface area contributed by atoms with Gasteiger partial charge in [-0.2, -0.15) is 0 Å². The van der Waals surface area contributed by atoms with E-state index in [1.54, 1.807) is 13.8 Å². The van der Waals surface area contributed by atoms with Crippen LogP contribution in [0.5, 0.6) is 0 Å². The lowest BCUT2D eigenvalue weighted by Gasteiger charge is -2.32. The predicted molar refractivity (Wildman–Crippen MR) is 50.4 cm³/mol. The number of ether oxygens (including phenoxy) is 3. The third-order valence-corrected chi connectivity index (χ3v) is 2.65. The van der Waals surface area contributed by atoms with Crippen molar-refractivity contribution in [1.82, 2.24) is 0 Å². The van der Waals surface area contributed by atoms with Crippen LogP contribution < -0.4 is 0 Å². The van der Waals surface area contributed by atoms with Crippen LogP contribution in [0.4, 0.5) is 0 Å². The molecule has 90 valence electrons. The summed E-state index contributed by atoms with van der Waals surface area (Å²) in [6, 6.07) is 0. The van der Waals surface area contributed by atoms with E-state index in [0.717, 1.165) is 0 Å². The molecule has 0 spiro atoms. The maximum absolute atomic E-state index is 11.5. The Balaban J connectivity index is 2.24. The van der Waals surface area contributed by atoms with Crippen LogP contribution in [0.2, 0.25) is 0 Å². The van der Waals surface area contributed by atoms with Gasteiger partial charge in [-0.15, -0.1) is 0 Å². The average Bonchev–Trinajstić information content (AvgIpc) is 2.48. The molecule has 2 aliphatic heterocycles. The minimum Gasteiger partial charge on any atom is -0.449 e. The van der Waals surface area contributed by atoms with Gasteiger partial charge in [-0.25, -0.2) is 4.79 Å². The fraction of sp³-hybridized carbons (Fsp3) is 0.800. The lowest BCUT2D eigenvalue weighted by atomic mass is 9.97. The van der Waals surface area contributed by atoms with Crippen molar-refractivity contribution in [2.45, 2.75) is 51.0 Å². The average molecular weight is 230 g/mol. The van der Waals surface area contributed by atoms with E-state index in [1.807, 2.05) is 0 Å². The molecule has 0 unspecified atom stereocenters. The Morgan fingerprint density at radius 1 is 1.38 bits per heavy atom. The van der Waals surface area contributed by atoms with Gasteiger partial charge in [-0.05, 0) is 20.8 Å². The van der Waals surface area contributed by atoms with E-state index in [4.69, 9.17) is 14.2 Å². The Morgan fingerprint density at radius 2 is 2.00 bits per heavy atom. The van der Waals surface area contributed by atoms with Crippen LogP contribution in [0, 0.1) is 0 Å². The van der Waals surface area contributed by atoms with Crippen molar-refractivity contribution < 1.29 is 28.9 Å². The number of carbonyl (C=O) groups is 2. The fourth-order valence-corrected chi connectivity index (χ4v) is 1.98. The van der Waals surface area contributed by atoms with Gasteiger partial charge >= 0.3 is 5.97 Å². The van der Waals surface area contributed by atoms with Crippen molar-refractivity contribution in [2.24, 2.45) is 0 Å². The molecule has 2 fully saturated rings. The molecule has 0 aliphatic carbocycles. The molecule has 0 aromatic rings. The summed E-state index contributed by atoms with van der Waals surface area (Å²) in [5, 5.41) is 9.86. The monoisotopic (exact) mass is 230 g/mol. The number of aliphatic hydroxyl groups is 1. The van der Waals surface area contributed by atoms with Gasteiger partial charge in [0.25, 0.3) is 0 Å². The molecule has 0 radical (unpaired) electrons. The van der Waals surface area contributed by atoms with Crippen molar-refractivity contribution in [3.63, 3.8) is 0 Å². The molecular weight excluding hydrogens is 216 g/mol. The van der Waals surface area contributed by atoms with Gasteiger partial charge in [0.15, 0.2) is 23.8 Å². The number of Topliss-reactive ketones (excluding diaryl/α,β-unsaturated/α-hetero) is 1. The molecule has 0 aromatic heterocycles. The molecule has 2 rings (SSSR count). The molecule has 1 N–H and O–H groups in total. The first-order chi connectivity index (χ1) is 7.32. The van der Waals surface area contributed by atoms with Gasteiger partial charge in [0.05, 0.1) is 0 Å². The summed E-state index contributed by atoms with van der Waals surface area (Å²) in [6.07, 6.45) is -4.14. The number of fused-ring (bicyclic) bond motifs is 1. The van der Waals surface area contributed by atoms with Gasteiger partial charge < -0.3 is 19.3 Å². The highest BCUT2D eigenvalue weighted by Gasteiger charge is 2.56. The zero-order chi connectivity index (χ0) is 12.1. The van der Waals surface area contributed by atoms with Crippen LogP contribution in [-0.2, 0) is 23.8 Å². The number of ketones is 1. The molecule has 0 aromatic carbocycles. The number of esters is 1. The highest BCUT2D eigenvalue weighted by molar-refractivity contribution is 5.87. The summed E-state index contributed by atoms with van der Waals surface area (Å²) >= 11 is 0. The first kappa shape index (κ1) is 11.5. The third-order valence-electron chi connectivity index (χ3n) is 2.65. The summed E-state index contributed by atoms with van der Waals surface area (Å²) in [7, 11) is 0. The third kappa shape index (κ3) is 1.73. The number of hydrogen-bond donors (Lipinski definition) is 1. The normalized spacial score (nSPS) is 41.4. The van der Waals surface area contributed by atoms with Gasteiger partial charge in [0.1, 0.15) is 12.2 Å². The minimum atomic E-state index is -1.18. The van der Waals surface area contributed by atoms with Gasteiger partial charge in [0.2, 0.25) is 0 Å². The quantitative estimate of drug-likeness (QED) is 0.605. The maximum atomic E-state index is 11.5. The van der Waals surface area contributed by atoms with E-state index < -0.39 is 42.0 Å². The first-order valence-electron chi connectivity index (χ1n) is 5.06. The molecule has 16 heavy (non-hydrogen) atoms. The van der Waals surface area contributed by atoms with E-state index in [9.17, 15) is 14.7 Å². The predicted octanol–water partition coefficient (Wildman–Crippen LogP) is -0.618. The molecule has 0 amide bonds. The molecular formula is C10H14O6. The minimum absolute atomic E-state index is 0.410. The fourth-order valence-electron chi connectivity index (χ4n) is 1.98. The largest absolute Gasteiger partial charge is 0.449 e. The molecule has 2 aliphatic rings. The molecule has 2 heterocycles. The second-order valence-corrected chi connectivity index (χ2v) is 4.48. The summed E-state index contributed by atoms with van der Waals surface area (Å²) in [4.78, 5) is 22.7. The Morgan fingerprint density at radius 3 is 2.56 bits per heavy atom. The number of hydrogen-bond acceptors (Lipinski definition) is 6. The zero-order valence-electron chi connectivity index (χ0n) is 9.30. The molecule has 2 saturated heterocycles. The van der Waals surface area contributed by atoms with Crippen LogP contribution in [0.15, 0.2) is 0 Å². The van der Waals surface area contributed by atoms with E-state index in [1.165, 1.54) is 6.92 Å². The Labute approximate surface area is 92.5 Å². The summed E-state index contributed by atoms with van der Waals surface area (Å²) in [5.41, 5.74) is 0. The first-order valence-corrected chi connectivity index (χ1v) is 5.06. The zero-order valence-corrected chi connectivity index (χ0v) is 9.30. The topological polar surface area (TPSA) is 82.1 Å². The molecule has 0 bridgehead atoms. The second kappa shape index (κ2) is 3.51. The summed E-state index contributed by atoms with van der Waals surface area (Å²) < 4.78 is 15.5. The van der Waals surface area contributed by atoms with Crippen molar-refractivity contribution in [3.05, 3.63) is 0 Å². The highest BCUT2D eigenvalue weighted by atomic mass is 16.8. The molecule has 6 nitrogen and oxygen atoms in total. The molecule has 6 heteroatoms. The smallest absolute Gasteiger partial charge is 0.339 e. The van der Waals surface area contributed by atoms with Gasteiger partial charge in [0, 0.05) is 0 Å². The molecule has 0 saturated carbocycles. The number of cyclic esters (lactones) is 1. The number of rotatable bonds is 1. The second-order valence-electron chi connectivity index (χ2n) is 4.48. The van der Waals surface area contributed by atoms with Gasteiger partial charge in [-0.1, -0.05) is 0 Å². The van der Waals surface area contributed by atoms with Crippen LogP contribution in [0.3, 0.4) is 0 Å². The number of carbonyl (C=O) groups excluding carboxylic acids is 2. The standard InChI is InChI=1S/C10H14O6/c1-4(11)6-5(12)7-8(9(13)14-6)16-10(2,3)15-7/h5-8,12H,1-3H3/t5-,6-,7-,8-/m1/s1. The van der Waals surface area contributed by atoms with Crippen molar-refractivity contribution in [3.8, 4) is 0 Å². The van der Waals surface area contributed by atoms with Crippen LogP contribution in [0.1, 0.15) is 20.8 Å². The van der Waals surface area contributed by atoms with E-state index in [-0.39, 0.29) is 0 Å². The van der Waals surface area contributed by atoms with Crippen LogP contribution in [-0.4, -0.2) is 47.1 Å². The Bertz CT molecular complexity index is 336. The maximum Gasteiger partial charge on any atom is 0.339 e. The van der Waals surface area contributed by atoms with Crippen molar-refractivity contribution >= 4 is 11.8 Å². The van der Waals surface area contributed by atoms with E-state index >= 15 is 0 Å². The Kier molecular flexibility index (Phi) is 2.52. The van der Waals surface area contributed by atoms with E-state index in [0.29, 0.717) is 0 Å².